The summed E-state index contributed by atoms with van der Waals surface area (Å²) in [6, 6.07) is 12.3. The van der Waals surface area contributed by atoms with Crippen molar-refractivity contribution in [2.24, 2.45) is 0 Å². The first-order chi connectivity index (χ1) is 10.3. The van der Waals surface area contributed by atoms with Crippen molar-refractivity contribution in [3.8, 4) is 11.8 Å². The average molecular weight is 443 g/mol. The number of hydrogen-bond donors (Lipinski definition) is 1. The largest absolute Gasteiger partial charge is 0.508 e. The number of nitriles is 1. The van der Waals surface area contributed by atoms with Gasteiger partial charge in [0.15, 0.2) is 0 Å². The molecular weight excluding hydrogens is 434 g/mol. The summed E-state index contributed by atoms with van der Waals surface area (Å²) in [7, 11) is -3.95. The third kappa shape index (κ3) is 3.58. The predicted octanol–water partition coefficient (Wildman–Crippen LogP) is 4.26. The van der Waals surface area contributed by atoms with Crippen LogP contribution in [0.25, 0.3) is 6.08 Å². The third-order valence-electron chi connectivity index (χ3n) is 2.77. The molecule has 0 amide bonds. The van der Waals surface area contributed by atoms with Gasteiger partial charge in [-0.15, -0.1) is 0 Å². The molecule has 0 aliphatic carbocycles. The molecule has 2 aromatic rings. The number of rotatable bonds is 3. The smallest absolute Gasteiger partial charge is 0.217 e. The molecule has 0 bridgehead atoms. The van der Waals surface area contributed by atoms with E-state index in [1.165, 1.54) is 36.4 Å². The highest BCUT2D eigenvalue weighted by atomic mass is 79.9. The summed E-state index contributed by atoms with van der Waals surface area (Å²) >= 11 is 6.41. The first kappa shape index (κ1) is 16.7. The Morgan fingerprint density at radius 1 is 1.14 bits per heavy atom. The number of allylic oxidation sites excluding steroid dienone is 1. The third-order valence-corrected chi connectivity index (χ3v) is 5.93. The molecule has 0 saturated heterocycles. The van der Waals surface area contributed by atoms with Crippen molar-refractivity contribution in [1.29, 1.82) is 5.26 Å². The summed E-state index contributed by atoms with van der Waals surface area (Å²) in [6.07, 6.45) is 1.27. The van der Waals surface area contributed by atoms with Gasteiger partial charge in [-0.3, -0.25) is 0 Å². The minimum absolute atomic E-state index is 0.00783. The molecule has 0 atom stereocenters. The van der Waals surface area contributed by atoms with Crippen LogP contribution < -0.4 is 0 Å². The SMILES string of the molecule is N#CC(=Cc1ccc(O)cc1)S(=O)(=O)c1cc(Br)ccc1Br. The molecular formula is C15H9Br2NO3S. The Morgan fingerprint density at radius 2 is 1.77 bits per heavy atom. The Hall–Kier alpha value is -1.62. The van der Waals surface area contributed by atoms with Gasteiger partial charge in [0.05, 0.1) is 4.90 Å². The number of halogens is 2. The van der Waals surface area contributed by atoms with E-state index in [-0.39, 0.29) is 15.6 Å². The standard InChI is InChI=1S/C15H9Br2NO3S/c16-11-3-6-14(17)15(8-11)22(20,21)13(9-18)7-10-1-4-12(19)5-2-10/h1-8,19H. The first-order valence-corrected chi connectivity index (χ1v) is 9.02. The number of benzene rings is 2. The maximum Gasteiger partial charge on any atom is 0.217 e. The number of hydrogen-bond acceptors (Lipinski definition) is 4. The van der Waals surface area contributed by atoms with Crippen LogP contribution in [0.3, 0.4) is 0 Å². The maximum absolute atomic E-state index is 12.6. The van der Waals surface area contributed by atoms with Crippen LogP contribution in [0.5, 0.6) is 5.75 Å². The minimum atomic E-state index is -3.95. The fourth-order valence-electron chi connectivity index (χ4n) is 1.69. The van der Waals surface area contributed by atoms with Crippen LogP contribution in [-0.4, -0.2) is 13.5 Å². The van der Waals surface area contributed by atoms with Crippen molar-refractivity contribution in [3.63, 3.8) is 0 Å². The van der Waals surface area contributed by atoms with Gasteiger partial charge in [0, 0.05) is 8.95 Å². The van der Waals surface area contributed by atoms with Gasteiger partial charge in [-0.2, -0.15) is 5.26 Å². The Labute approximate surface area is 144 Å². The van der Waals surface area contributed by atoms with Gasteiger partial charge in [-0.25, -0.2) is 8.42 Å². The molecule has 0 unspecified atom stereocenters. The Bertz CT molecular complexity index is 882. The molecule has 2 rings (SSSR count). The van der Waals surface area contributed by atoms with E-state index in [9.17, 15) is 18.8 Å². The van der Waals surface area contributed by atoms with Gasteiger partial charge >= 0.3 is 0 Å². The second-order valence-corrected chi connectivity index (χ2v) is 7.95. The van der Waals surface area contributed by atoms with Gasteiger partial charge in [0.1, 0.15) is 16.7 Å². The summed E-state index contributed by atoms with van der Waals surface area (Å²) in [4.78, 5) is -0.370. The lowest BCUT2D eigenvalue weighted by molar-refractivity contribution is 0.475. The lowest BCUT2D eigenvalue weighted by Crippen LogP contribution is -2.04. The second kappa shape index (κ2) is 6.65. The van der Waals surface area contributed by atoms with E-state index in [1.54, 1.807) is 18.2 Å². The van der Waals surface area contributed by atoms with Gasteiger partial charge in [0.25, 0.3) is 0 Å². The van der Waals surface area contributed by atoms with Crippen LogP contribution in [0.1, 0.15) is 5.56 Å². The second-order valence-electron chi connectivity index (χ2n) is 4.29. The topological polar surface area (TPSA) is 78.2 Å². The lowest BCUT2D eigenvalue weighted by atomic mass is 10.2. The van der Waals surface area contributed by atoms with E-state index in [2.05, 4.69) is 31.9 Å². The maximum atomic E-state index is 12.6. The number of phenolic OH excluding ortho intramolecular Hbond substituents is 1. The zero-order chi connectivity index (χ0) is 16.3. The van der Waals surface area contributed by atoms with Crippen LogP contribution in [0.2, 0.25) is 0 Å². The monoisotopic (exact) mass is 441 g/mol. The van der Waals surface area contributed by atoms with Gasteiger partial charge in [-0.1, -0.05) is 28.1 Å². The van der Waals surface area contributed by atoms with Crippen molar-refractivity contribution in [3.05, 3.63) is 61.9 Å². The summed E-state index contributed by atoms with van der Waals surface area (Å²) in [5.74, 6) is 0.0632. The lowest BCUT2D eigenvalue weighted by Gasteiger charge is -2.06. The highest BCUT2D eigenvalue weighted by Crippen LogP contribution is 2.30. The molecule has 7 heteroatoms. The van der Waals surface area contributed by atoms with Crippen molar-refractivity contribution >= 4 is 47.8 Å². The molecule has 0 aliphatic heterocycles. The number of aromatic hydroxyl groups is 1. The van der Waals surface area contributed by atoms with E-state index in [0.717, 1.165) is 0 Å². The zero-order valence-electron chi connectivity index (χ0n) is 11.0. The van der Waals surface area contributed by atoms with E-state index >= 15 is 0 Å². The molecule has 22 heavy (non-hydrogen) atoms. The summed E-state index contributed by atoms with van der Waals surface area (Å²) in [5, 5.41) is 18.5. The molecule has 112 valence electrons. The van der Waals surface area contributed by atoms with Crippen LogP contribution >= 0.6 is 31.9 Å². The van der Waals surface area contributed by atoms with Gasteiger partial charge < -0.3 is 5.11 Å². The van der Waals surface area contributed by atoms with E-state index in [4.69, 9.17) is 0 Å². The average Bonchev–Trinajstić information content (AvgIpc) is 2.48. The fraction of sp³-hybridized carbons (Fsp3) is 0. The molecule has 0 aliphatic rings. The van der Waals surface area contributed by atoms with Crippen molar-refractivity contribution in [2.45, 2.75) is 4.90 Å². The molecule has 1 N–H and O–H groups in total. The van der Waals surface area contributed by atoms with Crippen LogP contribution in [0, 0.1) is 11.3 Å². The predicted molar refractivity (Wildman–Crippen MR) is 90.7 cm³/mol. The molecule has 2 aromatic carbocycles. The Balaban J connectivity index is 2.57. The van der Waals surface area contributed by atoms with Crippen LogP contribution in [-0.2, 0) is 9.84 Å². The van der Waals surface area contributed by atoms with E-state index in [1.807, 2.05) is 0 Å². The molecule has 0 heterocycles. The number of phenols is 1. The summed E-state index contributed by atoms with van der Waals surface area (Å²) in [5.41, 5.74) is 0.504. The number of nitrogens with zero attached hydrogens (tertiary/aromatic N) is 1. The van der Waals surface area contributed by atoms with Crippen molar-refractivity contribution in [1.82, 2.24) is 0 Å². The summed E-state index contributed by atoms with van der Waals surface area (Å²) < 4.78 is 26.2. The molecule has 0 spiro atoms. The molecule has 0 saturated carbocycles. The van der Waals surface area contributed by atoms with Crippen LogP contribution in [0.15, 0.2) is 61.2 Å². The van der Waals surface area contributed by atoms with Gasteiger partial charge in [-0.05, 0) is 57.9 Å². The van der Waals surface area contributed by atoms with Crippen molar-refractivity contribution < 1.29 is 13.5 Å². The molecule has 0 fully saturated rings. The van der Waals surface area contributed by atoms with E-state index in [0.29, 0.717) is 14.5 Å². The van der Waals surface area contributed by atoms with Crippen molar-refractivity contribution in [2.75, 3.05) is 0 Å². The van der Waals surface area contributed by atoms with Crippen LogP contribution in [0.4, 0.5) is 0 Å². The normalized spacial score (nSPS) is 12.0. The Kier molecular flexibility index (Phi) is 5.06. The Morgan fingerprint density at radius 3 is 2.36 bits per heavy atom. The molecule has 0 radical (unpaired) electrons. The summed E-state index contributed by atoms with van der Waals surface area (Å²) in [6.45, 7) is 0. The van der Waals surface area contributed by atoms with Gasteiger partial charge in [0.2, 0.25) is 9.84 Å². The fourth-order valence-corrected chi connectivity index (χ4v) is 4.35. The van der Waals surface area contributed by atoms with E-state index < -0.39 is 9.84 Å². The number of sulfone groups is 1. The molecule has 4 nitrogen and oxygen atoms in total. The quantitative estimate of drug-likeness (QED) is 0.720. The highest BCUT2D eigenvalue weighted by molar-refractivity contribution is 9.11. The highest BCUT2D eigenvalue weighted by Gasteiger charge is 2.23. The minimum Gasteiger partial charge on any atom is -0.508 e. The first-order valence-electron chi connectivity index (χ1n) is 5.95. The zero-order valence-corrected chi connectivity index (χ0v) is 15.0. The molecule has 0 aromatic heterocycles.